The Balaban J connectivity index is 1.12. The maximum Gasteiger partial charge on any atom is 0.306 e. The van der Waals surface area contributed by atoms with E-state index in [-0.39, 0.29) is 12.1 Å². The zero-order valence-corrected chi connectivity index (χ0v) is 32.6. The van der Waals surface area contributed by atoms with Gasteiger partial charge in [0.1, 0.15) is 6.10 Å². The van der Waals surface area contributed by atoms with Gasteiger partial charge in [-0.05, 0) is 138 Å². The Hall–Kier alpha value is -1.09. The third kappa shape index (κ3) is 11.0. The molecule has 1 N–H and O–H groups in total. The average Bonchev–Trinajstić information content (AvgIpc) is 3.40. The van der Waals surface area contributed by atoms with Gasteiger partial charge in [0.15, 0.2) is 0 Å². The number of ether oxygens (including phenoxy) is 1. The first-order valence-corrected chi connectivity index (χ1v) is 21.2. The van der Waals surface area contributed by atoms with Crippen LogP contribution < -0.4 is 0 Å². The fourth-order valence-corrected chi connectivity index (χ4v) is 11.3. The minimum atomic E-state index is -0.539. The quantitative estimate of drug-likeness (QED) is 0.0753. The van der Waals surface area contributed by atoms with Crippen molar-refractivity contribution in [2.45, 2.75) is 214 Å². The zero-order valence-electron chi connectivity index (χ0n) is 32.6. The summed E-state index contributed by atoms with van der Waals surface area (Å²) < 4.78 is 6.11. The van der Waals surface area contributed by atoms with Gasteiger partial charge < -0.3 is 9.84 Å². The molecule has 4 aliphatic carbocycles. The molecule has 0 heterocycles. The van der Waals surface area contributed by atoms with Crippen LogP contribution in [0.2, 0.25) is 0 Å². The standard InChI is InChI=1S/C45H78O3/c1-7-8-9-10-11-12-13-14-15-16-17-18-19-20-21-24-42(46)48-37-29-32-44(5)36(34-37)25-26-38-40-28-27-39(45(40,6)33-30-41(38)44)35(2)23-22-31-43(3,4)47/h14-15,25,35,37-41,47H,7-13,16-24,26-34H2,1-6H3/b15-14-/t35-,37?,38?,39-,40?,41?,44+,45-/m1/s1. The highest BCUT2D eigenvalue weighted by Gasteiger charge is 2.59. The first-order valence-electron chi connectivity index (χ1n) is 21.2. The molecule has 0 bridgehead atoms. The summed E-state index contributed by atoms with van der Waals surface area (Å²) in [4.78, 5) is 12.8. The minimum absolute atomic E-state index is 0.0395. The van der Waals surface area contributed by atoms with Crippen molar-refractivity contribution in [3.8, 4) is 0 Å². The molecule has 0 aromatic heterocycles. The van der Waals surface area contributed by atoms with Crippen molar-refractivity contribution in [3.63, 3.8) is 0 Å². The maximum atomic E-state index is 12.8. The number of allylic oxidation sites excluding steroid dienone is 3. The number of hydrogen-bond acceptors (Lipinski definition) is 3. The van der Waals surface area contributed by atoms with Crippen molar-refractivity contribution in [3.05, 3.63) is 23.8 Å². The fourth-order valence-electron chi connectivity index (χ4n) is 11.3. The number of unbranched alkanes of at least 4 members (excludes halogenated alkanes) is 11. The summed E-state index contributed by atoms with van der Waals surface area (Å²) >= 11 is 0. The second kappa shape index (κ2) is 18.9. The molecule has 4 unspecified atom stereocenters. The first-order chi connectivity index (χ1) is 23.0. The normalized spacial score (nSPS) is 32.4. The number of hydrogen-bond donors (Lipinski definition) is 1. The third-order valence-electron chi connectivity index (χ3n) is 14.2. The molecule has 0 amide bonds. The van der Waals surface area contributed by atoms with E-state index in [1.807, 2.05) is 13.8 Å². The van der Waals surface area contributed by atoms with Crippen molar-refractivity contribution in [1.29, 1.82) is 0 Å². The molecule has 3 fully saturated rings. The smallest absolute Gasteiger partial charge is 0.306 e. The molecule has 8 atom stereocenters. The molecule has 3 nitrogen and oxygen atoms in total. The van der Waals surface area contributed by atoms with Crippen LogP contribution in [-0.4, -0.2) is 22.8 Å². The first kappa shape index (κ1) is 39.7. The van der Waals surface area contributed by atoms with Gasteiger partial charge in [-0.25, -0.2) is 0 Å². The average molecular weight is 667 g/mol. The van der Waals surface area contributed by atoms with E-state index in [1.54, 1.807) is 5.57 Å². The lowest BCUT2D eigenvalue weighted by Gasteiger charge is -2.58. The Morgan fingerprint density at radius 3 is 2.25 bits per heavy atom. The molecule has 0 aliphatic heterocycles. The molecule has 3 saturated carbocycles. The van der Waals surface area contributed by atoms with Crippen LogP contribution in [0.5, 0.6) is 0 Å². The molecule has 4 rings (SSSR count). The molecular formula is C45H78O3. The van der Waals surface area contributed by atoms with Gasteiger partial charge in [-0.2, -0.15) is 0 Å². The summed E-state index contributed by atoms with van der Waals surface area (Å²) in [5.41, 5.74) is 1.86. The maximum absolute atomic E-state index is 12.8. The van der Waals surface area contributed by atoms with Crippen LogP contribution in [0.15, 0.2) is 23.8 Å². The highest BCUT2D eigenvalue weighted by Crippen LogP contribution is 2.67. The summed E-state index contributed by atoms with van der Waals surface area (Å²) in [5, 5.41) is 10.2. The Morgan fingerprint density at radius 1 is 0.896 bits per heavy atom. The van der Waals surface area contributed by atoms with Crippen LogP contribution in [0.25, 0.3) is 0 Å². The molecule has 48 heavy (non-hydrogen) atoms. The molecule has 4 aliphatic rings. The van der Waals surface area contributed by atoms with Gasteiger partial charge in [-0.1, -0.05) is 116 Å². The Bertz CT molecular complexity index is 1020. The van der Waals surface area contributed by atoms with Gasteiger partial charge >= 0.3 is 5.97 Å². The topological polar surface area (TPSA) is 46.5 Å². The van der Waals surface area contributed by atoms with Gasteiger partial charge in [-0.15, -0.1) is 0 Å². The SMILES string of the molecule is CCCCCCCC/C=C\CCCCCCCC(=O)OC1CC[C@@]2(C)C(=CCC3C2CC[C@@]2(C)C3CC[C@@H]2[C@H](C)CCCC(C)(C)O)C1. The highest BCUT2D eigenvalue weighted by atomic mass is 16.5. The van der Waals surface area contributed by atoms with Crippen LogP contribution in [0.1, 0.15) is 202 Å². The summed E-state index contributed by atoms with van der Waals surface area (Å²) in [6.07, 6.45) is 38.0. The molecule has 3 heteroatoms. The summed E-state index contributed by atoms with van der Waals surface area (Å²) in [7, 11) is 0. The van der Waals surface area contributed by atoms with Crippen LogP contribution in [0.3, 0.4) is 0 Å². The predicted molar refractivity (Wildman–Crippen MR) is 204 cm³/mol. The monoisotopic (exact) mass is 667 g/mol. The van der Waals surface area contributed by atoms with Gasteiger partial charge in [0.05, 0.1) is 5.60 Å². The molecule has 0 aromatic rings. The van der Waals surface area contributed by atoms with Gasteiger partial charge in [0, 0.05) is 12.8 Å². The van der Waals surface area contributed by atoms with Crippen LogP contribution >= 0.6 is 0 Å². The largest absolute Gasteiger partial charge is 0.462 e. The number of rotatable bonds is 21. The van der Waals surface area contributed by atoms with Crippen molar-refractivity contribution < 1.29 is 14.6 Å². The van der Waals surface area contributed by atoms with Crippen LogP contribution in [0, 0.1) is 40.4 Å². The second-order valence-corrected chi connectivity index (χ2v) is 18.4. The van der Waals surface area contributed by atoms with Gasteiger partial charge in [0.25, 0.3) is 0 Å². The number of fused-ring (bicyclic) bond motifs is 5. The lowest BCUT2D eigenvalue weighted by atomic mass is 9.47. The number of esters is 1. The van der Waals surface area contributed by atoms with E-state index < -0.39 is 5.60 Å². The van der Waals surface area contributed by atoms with Crippen LogP contribution in [-0.2, 0) is 9.53 Å². The molecule has 0 radical (unpaired) electrons. The fraction of sp³-hybridized carbons (Fsp3) is 0.889. The van der Waals surface area contributed by atoms with E-state index >= 15 is 0 Å². The predicted octanol–water partition coefficient (Wildman–Crippen LogP) is 13.1. The molecule has 0 saturated heterocycles. The summed E-state index contributed by atoms with van der Waals surface area (Å²) in [6, 6.07) is 0. The van der Waals surface area contributed by atoms with E-state index in [0.717, 1.165) is 68.1 Å². The third-order valence-corrected chi connectivity index (χ3v) is 14.2. The number of carbonyl (C=O) groups is 1. The van der Waals surface area contributed by atoms with E-state index in [9.17, 15) is 9.90 Å². The van der Waals surface area contributed by atoms with Gasteiger partial charge in [0.2, 0.25) is 0 Å². The van der Waals surface area contributed by atoms with Gasteiger partial charge in [-0.3, -0.25) is 4.79 Å². The Morgan fingerprint density at radius 2 is 1.56 bits per heavy atom. The zero-order chi connectivity index (χ0) is 34.6. The summed E-state index contributed by atoms with van der Waals surface area (Å²) in [6.45, 7) is 13.9. The van der Waals surface area contributed by atoms with E-state index in [0.29, 0.717) is 17.3 Å². The molecule has 0 aromatic carbocycles. The van der Waals surface area contributed by atoms with Crippen molar-refractivity contribution >= 4 is 5.97 Å². The lowest BCUT2D eigenvalue weighted by Crippen LogP contribution is -2.51. The summed E-state index contributed by atoms with van der Waals surface area (Å²) in [5.74, 6) is 4.10. The second-order valence-electron chi connectivity index (χ2n) is 18.4. The molecule has 0 spiro atoms. The number of aliphatic hydroxyl groups is 1. The van der Waals surface area contributed by atoms with Crippen molar-refractivity contribution in [2.75, 3.05) is 0 Å². The van der Waals surface area contributed by atoms with E-state index in [2.05, 4.69) is 45.9 Å². The van der Waals surface area contributed by atoms with Crippen LogP contribution in [0.4, 0.5) is 0 Å². The number of carbonyl (C=O) groups excluding carboxylic acids is 1. The Kier molecular flexibility index (Phi) is 15.7. The highest BCUT2D eigenvalue weighted by molar-refractivity contribution is 5.69. The molecule has 276 valence electrons. The Labute approximate surface area is 297 Å². The molecular weight excluding hydrogens is 588 g/mol. The lowest BCUT2D eigenvalue weighted by molar-refractivity contribution is -0.151. The van der Waals surface area contributed by atoms with E-state index in [1.165, 1.54) is 116 Å². The van der Waals surface area contributed by atoms with Crippen molar-refractivity contribution in [2.24, 2.45) is 40.4 Å². The van der Waals surface area contributed by atoms with Crippen molar-refractivity contribution in [1.82, 2.24) is 0 Å². The van der Waals surface area contributed by atoms with E-state index in [4.69, 9.17) is 4.74 Å². The minimum Gasteiger partial charge on any atom is -0.462 e.